The average molecular weight is 343 g/mol. The molecule has 18 heavy (non-hydrogen) atoms. The summed E-state index contributed by atoms with van der Waals surface area (Å²) in [6.07, 6.45) is 0. The van der Waals surface area contributed by atoms with Crippen LogP contribution in [0.3, 0.4) is 0 Å². The minimum atomic E-state index is 0.0266. The molecule has 0 radical (unpaired) electrons. The quantitative estimate of drug-likeness (QED) is 0.822. The van der Waals surface area contributed by atoms with E-state index in [1.54, 1.807) is 11.8 Å². The highest BCUT2D eigenvalue weighted by atomic mass is 79.9. The third-order valence-corrected chi connectivity index (χ3v) is 4.72. The van der Waals surface area contributed by atoms with Crippen LogP contribution in [0.15, 0.2) is 56.7 Å². The van der Waals surface area contributed by atoms with E-state index in [2.05, 4.69) is 28.1 Å². The molecule has 0 aliphatic rings. The predicted molar refractivity (Wildman–Crippen MR) is 82.3 cm³/mol. The second-order valence-electron chi connectivity index (χ2n) is 4.00. The first-order valence-electron chi connectivity index (χ1n) is 5.55. The Morgan fingerprint density at radius 1 is 1.22 bits per heavy atom. The summed E-state index contributed by atoms with van der Waals surface area (Å²) in [5.74, 6) is 0. The number of halogens is 2. The third kappa shape index (κ3) is 3.29. The molecule has 0 aromatic heterocycles. The molecule has 0 fully saturated rings. The van der Waals surface area contributed by atoms with Crippen molar-refractivity contribution < 1.29 is 0 Å². The molecule has 0 amide bonds. The molecule has 1 atom stereocenters. The fourth-order valence-corrected chi connectivity index (χ4v) is 3.62. The van der Waals surface area contributed by atoms with Crippen molar-refractivity contribution in [3.8, 4) is 0 Å². The Kier molecular flexibility index (Phi) is 4.73. The second-order valence-corrected chi connectivity index (χ2v) is 6.38. The zero-order chi connectivity index (χ0) is 13.1. The summed E-state index contributed by atoms with van der Waals surface area (Å²) in [7, 11) is 0. The predicted octanol–water partition coefficient (Wildman–Crippen LogP) is 5.27. The lowest BCUT2D eigenvalue weighted by molar-refractivity contribution is 0.811. The highest BCUT2D eigenvalue weighted by molar-refractivity contribution is 9.10. The molecule has 2 N–H and O–H groups in total. The van der Waals surface area contributed by atoms with Crippen LogP contribution in [0.1, 0.15) is 18.5 Å². The molecule has 2 aromatic rings. The first-order chi connectivity index (χ1) is 8.58. The Bertz CT molecular complexity index is 557. The maximum atomic E-state index is 6.14. The highest BCUT2D eigenvalue weighted by Gasteiger charge is 2.07. The molecule has 0 aliphatic heterocycles. The van der Waals surface area contributed by atoms with Crippen LogP contribution >= 0.6 is 39.3 Å². The molecule has 2 rings (SSSR count). The fourth-order valence-electron chi connectivity index (χ4n) is 1.60. The number of nitrogens with two attached hydrogens (primary N) is 1. The van der Waals surface area contributed by atoms with Gasteiger partial charge >= 0.3 is 0 Å². The first kappa shape index (κ1) is 13.9. The number of benzene rings is 2. The molecule has 0 saturated carbocycles. The molecular formula is C14H13BrClNS. The Hall–Kier alpha value is -0.480. The Morgan fingerprint density at radius 3 is 2.56 bits per heavy atom. The smallest absolute Gasteiger partial charge is 0.0545 e. The number of hydrogen-bond acceptors (Lipinski definition) is 2. The number of hydrogen-bond donors (Lipinski definition) is 1. The van der Waals surface area contributed by atoms with Crippen molar-refractivity contribution in [1.29, 1.82) is 0 Å². The zero-order valence-corrected chi connectivity index (χ0v) is 13.0. The van der Waals surface area contributed by atoms with Gasteiger partial charge in [-0.3, -0.25) is 0 Å². The highest BCUT2D eigenvalue weighted by Crippen LogP contribution is 2.35. The third-order valence-electron chi connectivity index (χ3n) is 2.53. The summed E-state index contributed by atoms with van der Waals surface area (Å²) in [5.41, 5.74) is 6.99. The number of rotatable bonds is 3. The van der Waals surface area contributed by atoms with E-state index < -0.39 is 0 Å². The van der Waals surface area contributed by atoms with Gasteiger partial charge in [0.05, 0.1) is 5.02 Å². The van der Waals surface area contributed by atoms with E-state index >= 15 is 0 Å². The largest absolute Gasteiger partial charge is 0.324 e. The van der Waals surface area contributed by atoms with Gasteiger partial charge in [0, 0.05) is 20.3 Å². The summed E-state index contributed by atoms with van der Waals surface area (Å²) < 4.78 is 1.04. The Balaban J connectivity index is 2.26. The van der Waals surface area contributed by atoms with Gasteiger partial charge in [0.15, 0.2) is 0 Å². The van der Waals surface area contributed by atoms with Gasteiger partial charge in [-0.25, -0.2) is 0 Å². The Morgan fingerprint density at radius 2 is 1.94 bits per heavy atom. The second kappa shape index (κ2) is 6.11. The topological polar surface area (TPSA) is 26.0 Å². The van der Waals surface area contributed by atoms with Crippen molar-refractivity contribution in [1.82, 2.24) is 0 Å². The van der Waals surface area contributed by atoms with Crippen LogP contribution in [0, 0.1) is 0 Å². The van der Waals surface area contributed by atoms with Crippen molar-refractivity contribution in [2.75, 3.05) is 0 Å². The van der Waals surface area contributed by atoms with Gasteiger partial charge in [0.2, 0.25) is 0 Å². The van der Waals surface area contributed by atoms with E-state index in [-0.39, 0.29) is 6.04 Å². The van der Waals surface area contributed by atoms with Gasteiger partial charge in [0.1, 0.15) is 0 Å². The van der Waals surface area contributed by atoms with Crippen molar-refractivity contribution in [3.05, 3.63) is 57.5 Å². The van der Waals surface area contributed by atoms with Crippen LogP contribution in [0.25, 0.3) is 0 Å². The van der Waals surface area contributed by atoms with Crippen molar-refractivity contribution in [2.45, 2.75) is 22.8 Å². The summed E-state index contributed by atoms with van der Waals surface area (Å²) in [6, 6.07) is 14.0. The molecule has 1 nitrogen and oxygen atoms in total. The molecule has 0 bridgehead atoms. The summed E-state index contributed by atoms with van der Waals surface area (Å²) in [5, 5.41) is 0.773. The van der Waals surface area contributed by atoms with Crippen LogP contribution < -0.4 is 5.73 Å². The summed E-state index contributed by atoms with van der Waals surface area (Å²) in [6.45, 7) is 1.97. The molecule has 94 valence electrons. The fraction of sp³-hybridized carbons (Fsp3) is 0.143. The molecule has 4 heteroatoms. The van der Waals surface area contributed by atoms with Crippen LogP contribution in [0.4, 0.5) is 0 Å². The normalized spacial score (nSPS) is 12.4. The van der Waals surface area contributed by atoms with Crippen molar-refractivity contribution >= 4 is 39.3 Å². The molecule has 0 spiro atoms. The van der Waals surface area contributed by atoms with E-state index in [0.29, 0.717) is 0 Å². The molecule has 0 unspecified atom stereocenters. The summed E-state index contributed by atoms with van der Waals surface area (Å²) in [4.78, 5) is 2.19. The van der Waals surface area contributed by atoms with Crippen LogP contribution in [-0.2, 0) is 0 Å². The Labute approximate surface area is 125 Å². The van der Waals surface area contributed by atoms with Crippen LogP contribution in [0.2, 0.25) is 5.02 Å². The van der Waals surface area contributed by atoms with Gasteiger partial charge in [-0.2, -0.15) is 0 Å². The zero-order valence-electron chi connectivity index (χ0n) is 9.86. The van der Waals surface area contributed by atoms with Gasteiger partial charge < -0.3 is 5.73 Å². The molecule has 0 aliphatic carbocycles. The maximum Gasteiger partial charge on any atom is 0.0545 e. The van der Waals surface area contributed by atoms with E-state index in [9.17, 15) is 0 Å². The minimum absolute atomic E-state index is 0.0266. The van der Waals surface area contributed by atoms with Gasteiger partial charge in [-0.05, 0) is 36.8 Å². The van der Waals surface area contributed by atoms with E-state index in [4.69, 9.17) is 17.3 Å². The van der Waals surface area contributed by atoms with E-state index in [1.165, 1.54) is 0 Å². The van der Waals surface area contributed by atoms with Crippen LogP contribution in [0.5, 0.6) is 0 Å². The van der Waals surface area contributed by atoms with Crippen molar-refractivity contribution in [3.63, 3.8) is 0 Å². The lowest BCUT2D eigenvalue weighted by Crippen LogP contribution is -2.05. The SMILES string of the molecule is C[C@@H](N)c1ccc(Sc2ccccc2Cl)cc1Br. The lowest BCUT2D eigenvalue weighted by atomic mass is 10.1. The maximum absolute atomic E-state index is 6.14. The first-order valence-corrected chi connectivity index (χ1v) is 7.54. The van der Waals surface area contributed by atoms with E-state index in [1.807, 2.05) is 37.3 Å². The summed E-state index contributed by atoms with van der Waals surface area (Å²) >= 11 is 11.3. The van der Waals surface area contributed by atoms with Crippen molar-refractivity contribution in [2.24, 2.45) is 5.73 Å². The lowest BCUT2D eigenvalue weighted by Gasteiger charge is -2.10. The average Bonchev–Trinajstić information content (AvgIpc) is 2.32. The molecule has 0 heterocycles. The molecule has 0 saturated heterocycles. The van der Waals surface area contributed by atoms with Gasteiger partial charge in [-0.15, -0.1) is 0 Å². The standard InChI is InChI=1S/C14H13BrClNS/c1-9(17)11-7-6-10(8-12(11)15)18-14-5-3-2-4-13(14)16/h2-9H,17H2,1H3/t9-/m1/s1. The monoisotopic (exact) mass is 341 g/mol. The van der Waals surface area contributed by atoms with Gasteiger partial charge in [-0.1, -0.05) is 57.5 Å². The molecule has 2 aromatic carbocycles. The van der Waals surface area contributed by atoms with Gasteiger partial charge in [0.25, 0.3) is 0 Å². The van der Waals surface area contributed by atoms with E-state index in [0.717, 1.165) is 24.8 Å². The minimum Gasteiger partial charge on any atom is -0.324 e. The molecular weight excluding hydrogens is 330 g/mol. The van der Waals surface area contributed by atoms with Crippen LogP contribution in [-0.4, -0.2) is 0 Å².